The average Bonchev–Trinajstić information content (AvgIpc) is 3.00. The van der Waals surface area contributed by atoms with Crippen LogP contribution < -0.4 is 0 Å². The van der Waals surface area contributed by atoms with Gasteiger partial charge in [-0.1, -0.05) is 48.3 Å². The maximum atomic E-state index is 12.9. The number of amides is 1. The van der Waals surface area contributed by atoms with Crippen LogP contribution in [0.5, 0.6) is 0 Å². The summed E-state index contributed by atoms with van der Waals surface area (Å²) in [6.45, 7) is 4.24. The topological polar surface area (TPSA) is 62.5 Å². The van der Waals surface area contributed by atoms with Gasteiger partial charge in [0.15, 0.2) is 0 Å². The molecule has 1 unspecified atom stereocenters. The Bertz CT molecular complexity index is 738. The molecule has 1 atom stereocenters. The number of carbonyl (C=O) groups is 1. The van der Waals surface area contributed by atoms with E-state index in [9.17, 15) is 4.79 Å². The Kier molecular flexibility index (Phi) is 5.82. The summed E-state index contributed by atoms with van der Waals surface area (Å²) < 4.78 is 5.45. The molecule has 2 aliphatic rings. The van der Waals surface area contributed by atoms with Crippen LogP contribution in [0.15, 0.2) is 34.9 Å². The first-order chi connectivity index (χ1) is 13.3. The molecule has 6 heteroatoms. The van der Waals surface area contributed by atoms with Crippen molar-refractivity contribution in [1.29, 1.82) is 0 Å². The molecule has 0 aliphatic carbocycles. The molecule has 4 rings (SSSR count). The first-order valence-corrected chi connectivity index (χ1v) is 10.2. The fourth-order valence-electron chi connectivity index (χ4n) is 4.16. The largest absolute Gasteiger partial charge is 0.342 e. The van der Waals surface area contributed by atoms with Gasteiger partial charge in [0.2, 0.25) is 17.6 Å². The molecule has 3 heterocycles. The maximum Gasteiger partial charge on any atom is 0.241 e. The van der Waals surface area contributed by atoms with Gasteiger partial charge < -0.3 is 9.42 Å². The summed E-state index contributed by atoms with van der Waals surface area (Å²) in [6.07, 6.45) is 6.83. The van der Waals surface area contributed by atoms with Gasteiger partial charge in [-0.2, -0.15) is 4.98 Å². The maximum absolute atomic E-state index is 12.9. The summed E-state index contributed by atoms with van der Waals surface area (Å²) in [5.41, 5.74) is 0.959. The minimum atomic E-state index is 0.105. The zero-order valence-corrected chi connectivity index (χ0v) is 15.8. The van der Waals surface area contributed by atoms with E-state index < -0.39 is 0 Å². The lowest BCUT2D eigenvalue weighted by Gasteiger charge is -2.34. The molecule has 1 amide bonds. The summed E-state index contributed by atoms with van der Waals surface area (Å²) in [7, 11) is 0. The van der Waals surface area contributed by atoms with E-state index in [0.29, 0.717) is 24.2 Å². The summed E-state index contributed by atoms with van der Waals surface area (Å²) >= 11 is 0. The van der Waals surface area contributed by atoms with Crippen LogP contribution in [0.1, 0.15) is 44.4 Å². The van der Waals surface area contributed by atoms with Crippen LogP contribution in [0.2, 0.25) is 0 Å². The van der Waals surface area contributed by atoms with Crippen molar-refractivity contribution in [2.45, 2.75) is 45.1 Å². The first-order valence-electron chi connectivity index (χ1n) is 10.2. The lowest BCUT2D eigenvalue weighted by molar-refractivity contribution is -0.137. The summed E-state index contributed by atoms with van der Waals surface area (Å²) in [5, 5.41) is 4.10. The second-order valence-corrected chi connectivity index (χ2v) is 7.69. The molecule has 27 heavy (non-hydrogen) atoms. The van der Waals surface area contributed by atoms with Crippen LogP contribution in [-0.4, -0.2) is 52.0 Å². The van der Waals surface area contributed by atoms with Crippen molar-refractivity contribution < 1.29 is 9.32 Å². The highest BCUT2D eigenvalue weighted by molar-refractivity contribution is 5.79. The molecular weight excluding hydrogens is 340 g/mol. The number of likely N-dealkylation sites (tertiary alicyclic amines) is 2. The SMILES string of the molecule is O=C(C1CCCN(Cc2nc(-c3ccccc3)no2)C1)N1CCCCCC1. The van der Waals surface area contributed by atoms with Crippen LogP contribution in [0.4, 0.5) is 0 Å². The minimum Gasteiger partial charge on any atom is -0.342 e. The van der Waals surface area contributed by atoms with E-state index in [4.69, 9.17) is 4.52 Å². The quantitative estimate of drug-likeness (QED) is 0.828. The van der Waals surface area contributed by atoms with Crippen LogP contribution in [0, 0.1) is 5.92 Å². The van der Waals surface area contributed by atoms with Crippen LogP contribution in [0.25, 0.3) is 11.4 Å². The molecule has 2 saturated heterocycles. The molecule has 144 valence electrons. The molecule has 2 aliphatic heterocycles. The molecule has 0 bridgehead atoms. The van der Waals surface area contributed by atoms with Gasteiger partial charge >= 0.3 is 0 Å². The minimum absolute atomic E-state index is 0.105. The number of rotatable bonds is 4. The average molecular weight is 368 g/mol. The normalized spacial score (nSPS) is 21.8. The molecule has 0 N–H and O–H groups in total. The predicted molar refractivity (Wildman–Crippen MR) is 103 cm³/mol. The van der Waals surface area contributed by atoms with Crippen molar-refractivity contribution in [2.24, 2.45) is 5.92 Å². The molecule has 2 fully saturated rings. The van der Waals surface area contributed by atoms with Crippen LogP contribution >= 0.6 is 0 Å². The van der Waals surface area contributed by atoms with Gasteiger partial charge in [-0.25, -0.2) is 0 Å². The van der Waals surface area contributed by atoms with Gasteiger partial charge in [0.25, 0.3) is 0 Å². The lowest BCUT2D eigenvalue weighted by atomic mass is 9.96. The Labute approximate surface area is 160 Å². The number of hydrogen-bond acceptors (Lipinski definition) is 5. The molecule has 6 nitrogen and oxygen atoms in total. The fourth-order valence-corrected chi connectivity index (χ4v) is 4.16. The van der Waals surface area contributed by atoms with Crippen LogP contribution in [0.3, 0.4) is 0 Å². The van der Waals surface area contributed by atoms with E-state index in [-0.39, 0.29) is 5.92 Å². The summed E-state index contributed by atoms with van der Waals surface area (Å²) in [5.74, 6) is 1.70. The van der Waals surface area contributed by atoms with E-state index in [1.807, 2.05) is 30.3 Å². The summed E-state index contributed by atoms with van der Waals surface area (Å²) in [4.78, 5) is 21.9. The smallest absolute Gasteiger partial charge is 0.241 e. The molecule has 1 aromatic heterocycles. The van der Waals surface area contributed by atoms with E-state index >= 15 is 0 Å². The van der Waals surface area contributed by atoms with Gasteiger partial charge in [0.05, 0.1) is 12.5 Å². The van der Waals surface area contributed by atoms with Crippen molar-refractivity contribution >= 4 is 5.91 Å². The molecule has 0 saturated carbocycles. The third kappa shape index (κ3) is 4.56. The molecule has 0 radical (unpaired) electrons. The van der Waals surface area contributed by atoms with Gasteiger partial charge in [-0.15, -0.1) is 0 Å². The molecular formula is C21H28N4O2. The predicted octanol–water partition coefficient (Wildman–Crippen LogP) is 3.35. The Balaban J connectivity index is 1.36. The highest BCUT2D eigenvalue weighted by atomic mass is 16.5. The van der Waals surface area contributed by atoms with Gasteiger partial charge in [0.1, 0.15) is 0 Å². The van der Waals surface area contributed by atoms with Crippen molar-refractivity contribution in [2.75, 3.05) is 26.2 Å². The highest BCUT2D eigenvalue weighted by Gasteiger charge is 2.30. The summed E-state index contributed by atoms with van der Waals surface area (Å²) in [6, 6.07) is 9.86. The Hall–Kier alpha value is -2.21. The number of hydrogen-bond donors (Lipinski definition) is 0. The third-order valence-electron chi connectivity index (χ3n) is 5.63. The first kappa shape index (κ1) is 18.2. The third-order valence-corrected chi connectivity index (χ3v) is 5.63. The number of aromatic nitrogens is 2. The van der Waals surface area contributed by atoms with E-state index in [2.05, 4.69) is 19.9 Å². The second-order valence-electron chi connectivity index (χ2n) is 7.69. The fraction of sp³-hybridized carbons (Fsp3) is 0.571. The van der Waals surface area contributed by atoms with E-state index in [1.165, 1.54) is 12.8 Å². The zero-order valence-electron chi connectivity index (χ0n) is 15.8. The van der Waals surface area contributed by atoms with Gasteiger partial charge in [0, 0.05) is 25.2 Å². The lowest BCUT2D eigenvalue weighted by Crippen LogP contribution is -2.44. The standard InChI is InChI=1S/C21H28N4O2/c26-21(25-13-6-1-2-7-14-25)18-11-8-12-24(15-18)16-19-22-20(23-27-19)17-9-4-3-5-10-17/h3-5,9-10,18H,1-2,6-8,11-16H2. The van der Waals surface area contributed by atoms with Gasteiger partial charge in [-0.3, -0.25) is 9.69 Å². The number of piperidine rings is 1. The van der Waals surface area contributed by atoms with Crippen molar-refractivity contribution in [3.8, 4) is 11.4 Å². The number of benzene rings is 1. The van der Waals surface area contributed by atoms with Crippen LogP contribution in [-0.2, 0) is 11.3 Å². The van der Waals surface area contributed by atoms with Gasteiger partial charge in [-0.05, 0) is 32.2 Å². The van der Waals surface area contributed by atoms with E-state index in [0.717, 1.165) is 57.4 Å². The Morgan fingerprint density at radius 2 is 1.81 bits per heavy atom. The zero-order chi connectivity index (χ0) is 18.5. The number of carbonyl (C=O) groups excluding carboxylic acids is 1. The second kappa shape index (κ2) is 8.65. The molecule has 2 aromatic rings. The molecule has 1 aromatic carbocycles. The number of nitrogens with zero attached hydrogens (tertiary/aromatic N) is 4. The highest BCUT2D eigenvalue weighted by Crippen LogP contribution is 2.23. The Morgan fingerprint density at radius 1 is 1.04 bits per heavy atom. The van der Waals surface area contributed by atoms with E-state index in [1.54, 1.807) is 0 Å². The molecule has 0 spiro atoms. The van der Waals surface area contributed by atoms with Crippen molar-refractivity contribution in [1.82, 2.24) is 19.9 Å². The van der Waals surface area contributed by atoms with Crippen molar-refractivity contribution in [3.63, 3.8) is 0 Å². The monoisotopic (exact) mass is 368 g/mol. The van der Waals surface area contributed by atoms with Crippen molar-refractivity contribution in [3.05, 3.63) is 36.2 Å². The Morgan fingerprint density at radius 3 is 2.59 bits per heavy atom.